The van der Waals surface area contributed by atoms with Gasteiger partial charge in [-0.15, -0.1) is 0 Å². The zero-order valence-corrected chi connectivity index (χ0v) is 65.4. The average Bonchev–Trinajstić information content (AvgIpc) is 1.58. The third kappa shape index (κ3) is 25.3. The number of carbonyl (C=O) groups is 4. The third-order valence-electron chi connectivity index (χ3n) is 16.3. The van der Waals surface area contributed by atoms with Gasteiger partial charge in [-0.25, -0.2) is 19.2 Å². The minimum Gasteiger partial charge on any atom is -0.507 e. The number of aliphatic hydroxyl groups is 1. The second-order valence-corrected chi connectivity index (χ2v) is 30.9. The van der Waals surface area contributed by atoms with Crippen molar-refractivity contribution >= 4 is 55.1 Å². The van der Waals surface area contributed by atoms with Crippen molar-refractivity contribution in [2.24, 2.45) is 0 Å². The zero-order chi connectivity index (χ0) is 78.0. The van der Waals surface area contributed by atoms with Crippen molar-refractivity contribution in [2.45, 2.75) is 182 Å². The molecular weight excluding hydrogens is 1460 g/mol. The van der Waals surface area contributed by atoms with E-state index in [4.69, 9.17) is 80.6 Å². The van der Waals surface area contributed by atoms with Gasteiger partial charge in [0, 0.05) is 54.3 Å². The smallest absolute Gasteiger partial charge is 0.356 e. The van der Waals surface area contributed by atoms with Crippen LogP contribution in [0.4, 0.5) is 0 Å². The summed E-state index contributed by atoms with van der Waals surface area (Å²) in [5, 5.41) is 51.1. The predicted octanol–water partition coefficient (Wildman–Crippen LogP) is 13.4. The fourth-order valence-electron chi connectivity index (χ4n) is 11.5. The highest BCUT2D eigenvalue weighted by molar-refractivity contribution is 7.53. The van der Waals surface area contributed by atoms with Crippen molar-refractivity contribution in [1.29, 1.82) is 0 Å². The number of hydrogen-bond donors (Lipinski definition) is 8. The number of aliphatic hydroxyl groups excluding tert-OH is 1. The van der Waals surface area contributed by atoms with Crippen LogP contribution in [0.1, 0.15) is 194 Å². The number of rotatable bonds is 31. The molecule has 4 aliphatic heterocycles. The summed E-state index contributed by atoms with van der Waals surface area (Å²) in [6.07, 6.45) is 6.36. The summed E-state index contributed by atoms with van der Waals surface area (Å²) in [6.45, 7) is 25.8. The highest BCUT2D eigenvalue weighted by atomic mass is 31.2. The summed E-state index contributed by atoms with van der Waals surface area (Å²) in [7, 11) is -5.32. The van der Waals surface area contributed by atoms with Crippen LogP contribution in [0.5, 0.6) is 46.0 Å². The van der Waals surface area contributed by atoms with E-state index < -0.39 is 59.4 Å². The first kappa shape index (κ1) is 95.6. The Morgan fingerprint density at radius 3 is 0.907 bits per heavy atom. The Kier molecular flexibility index (Phi) is 37.9. The lowest BCUT2D eigenvalue weighted by atomic mass is 9.95. The number of phenols is 4. The Morgan fingerprint density at radius 2 is 0.673 bits per heavy atom. The van der Waals surface area contributed by atoms with Crippen molar-refractivity contribution in [3.63, 3.8) is 0 Å². The zero-order valence-electron chi connectivity index (χ0n) is 62.7. The van der Waals surface area contributed by atoms with E-state index >= 15 is 0 Å². The first-order valence-electron chi connectivity index (χ1n) is 33.0. The molecule has 1 atom stereocenters. The third-order valence-corrected chi connectivity index (χ3v) is 20.1. The molecule has 0 saturated carbocycles. The van der Waals surface area contributed by atoms with Gasteiger partial charge in [0.25, 0.3) is 0 Å². The van der Waals surface area contributed by atoms with Crippen LogP contribution in [0.3, 0.4) is 0 Å². The van der Waals surface area contributed by atoms with Gasteiger partial charge < -0.3 is 106 Å². The number of carbonyl (C=O) groups excluding carboxylic acids is 4. The summed E-state index contributed by atoms with van der Waals surface area (Å²) in [6, 6.07) is 0. The second-order valence-electron chi connectivity index (χ2n) is 25.6. The lowest BCUT2D eigenvalue weighted by molar-refractivity contribution is 0.0523. The Labute approximate surface area is 630 Å². The fraction of sp³-hybridized carbons (Fsp3) is 0.514. The van der Waals surface area contributed by atoms with Crippen molar-refractivity contribution in [1.82, 2.24) is 0 Å². The minimum atomic E-state index is -4.20. The van der Waals surface area contributed by atoms with E-state index in [9.17, 15) is 58.2 Å². The summed E-state index contributed by atoms with van der Waals surface area (Å²) < 4.78 is 109. The van der Waals surface area contributed by atoms with Crippen molar-refractivity contribution in [3.05, 3.63) is 136 Å². The van der Waals surface area contributed by atoms with Gasteiger partial charge in [0.1, 0.15) is 114 Å². The number of methoxy groups -OCH3 is 4. The normalized spacial score (nSPS) is 14.4. The van der Waals surface area contributed by atoms with Crippen LogP contribution in [-0.4, -0.2) is 165 Å². The van der Waals surface area contributed by atoms with Crippen LogP contribution < -0.4 is 18.9 Å². The molecule has 4 aromatic carbocycles. The van der Waals surface area contributed by atoms with Crippen molar-refractivity contribution in [2.75, 3.05) is 73.9 Å². The monoisotopic (exact) mass is 1570 g/mol. The minimum absolute atomic E-state index is 0. The van der Waals surface area contributed by atoms with Gasteiger partial charge in [0.05, 0.1) is 73.2 Å². The number of fused-ring (bicyclic) bond motifs is 4. The van der Waals surface area contributed by atoms with Gasteiger partial charge >= 0.3 is 46.7 Å². The molecular formula is C74H109BO29P3. The standard InChI is InChI=1S/C22H33O8P.C19H27O8P.C16H21O8P.C15H18O5.2CH4.B.H2/c1-13(2)29-31(25,30-14(3)4)12-27-10-15(5)8-9-17-20(23)19-18(11-28-22(19)24)16(6)21(17)26-7;1-11(2)27-28(22,23)10-25-8-12(3)6-7-14-17(20)16-15(9-26-19(16)21)13(4)18(14)24-5;1-9(6-23-8-25(19,20)21)4-5-11-14(17)13-12(7-24-16(13)18)10(2)15(11)22-3;1-8(6-16)4-5-10-13(17)12-11(7-20-15(12)18)9(2)14(10)19-3;;;;/h8,13-14,23H,9-12H2,1-7H3;6,11,20H,7-10H2,1-5H3,(H,22,23);4,17H,5-8H2,1-3H3,(H2,19,20,21);4,16-17H,5-7H2,1-3H3;2*1H4;;1H/b15-8+;12-6+;9-4+;8-4+;;;;/i;;;;;;;1+1. The van der Waals surface area contributed by atoms with E-state index in [1.165, 1.54) is 28.4 Å². The highest BCUT2D eigenvalue weighted by Gasteiger charge is 2.37. The molecule has 3 radical (unpaired) electrons. The van der Waals surface area contributed by atoms with Crippen LogP contribution in [0, 0.1) is 27.7 Å². The van der Waals surface area contributed by atoms with Gasteiger partial charge in [-0.3, -0.25) is 13.7 Å². The van der Waals surface area contributed by atoms with E-state index in [0.717, 1.165) is 44.5 Å². The average molecular weight is 1570 g/mol. The number of esters is 4. The maximum atomic E-state index is 12.8. The molecule has 0 fully saturated rings. The Bertz CT molecular complexity index is 4100. The molecule has 0 aromatic heterocycles. The van der Waals surface area contributed by atoms with Gasteiger partial charge in [-0.2, -0.15) is 0 Å². The quantitative estimate of drug-likeness (QED) is 0.00762. The molecule has 8 N–H and O–H groups in total. The predicted molar refractivity (Wildman–Crippen MR) is 403 cm³/mol. The summed E-state index contributed by atoms with van der Waals surface area (Å²) >= 11 is 0. The molecule has 0 aliphatic carbocycles. The van der Waals surface area contributed by atoms with Gasteiger partial charge in [-0.05, 0) is 145 Å². The number of aromatic hydroxyl groups is 4. The number of benzene rings is 4. The number of cyclic esters (lactones) is 4. The van der Waals surface area contributed by atoms with Crippen molar-refractivity contribution < 1.29 is 140 Å². The fourth-order valence-corrected chi connectivity index (χ4v) is 14.7. The molecule has 0 amide bonds. The number of ether oxygens (including phenoxy) is 11. The van der Waals surface area contributed by atoms with E-state index in [1.54, 1.807) is 87.5 Å². The molecule has 4 aliphatic rings. The molecule has 29 nitrogen and oxygen atoms in total. The topological polar surface area (TPSA) is 411 Å². The molecule has 1 unspecified atom stereocenters. The molecule has 0 bridgehead atoms. The van der Waals surface area contributed by atoms with Crippen molar-refractivity contribution in [3.8, 4) is 46.0 Å². The van der Waals surface area contributed by atoms with E-state index in [-0.39, 0.29) is 154 Å². The molecule has 0 spiro atoms. The Balaban J connectivity index is 0.000000718. The first-order valence-corrected chi connectivity index (χ1v) is 38.3. The highest BCUT2D eigenvalue weighted by Crippen LogP contribution is 2.51. The van der Waals surface area contributed by atoms with Crippen LogP contribution in [0.15, 0.2) is 46.6 Å². The number of phenolic OH excluding ortho intramolecular Hbond substituents is 4. The number of hydrogen-bond acceptors (Lipinski definition) is 26. The largest absolute Gasteiger partial charge is 0.507 e. The van der Waals surface area contributed by atoms with Gasteiger partial charge in [0.15, 0.2) is 0 Å². The Hall–Kier alpha value is -7.53. The van der Waals surface area contributed by atoms with Crippen LogP contribution in [0.2, 0.25) is 0 Å². The molecule has 107 heavy (non-hydrogen) atoms. The molecule has 597 valence electrons. The summed E-state index contributed by atoms with van der Waals surface area (Å²) in [4.78, 5) is 74.6. The molecule has 0 saturated heterocycles. The number of allylic oxidation sites excluding steroid dienone is 4. The van der Waals surface area contributed by atoms with Gasteiger partial charge in [-0.1, -0.05) is 61.4 Å². The molecule has 8 rings (SSSR count). The summed E-state index contributed by atoms with van der Waals surface area (Å²) in [5.74, 6) is -0.604. The van der Waals surface area contributed by atoms with Crippen LogP contribution >= 0.6 is 22.8 Å². The first-order chi connectivity index (χ1) is 48.7. The second kappa shape index (κ2) is 42.4. The van der Waals surface area contributed by atoms with Crippen LogP contribution in [0.25, 0.3) is 0 Å². The maximum absolute atomic E-state index is 12.8. The van der Waals surface area contributed by atoms with E-state index in [0.29, 0.717) is 86.8 Å². The lowest BCUT2D eigenvalue weighted by Gasteiger charge is -2.22. The molecule has 4 heterocycles. The summed E-state index contributed by atoms with van der Waals surface area (Å²) in [5.41, 5.74) is 11.5. The molecule has 4 aromatic rings. The SMILES string of the molecule is C.C.COc1c(C)c2c(c(O)c1C/C=C(\C)CO)C(=O)OC2.COc1c(C)c2c(c(O)c1C/C=C(\C)COCP(=O)(O)O)C(=O)OC2.COc1c(C)c2c(c(O)c1C/C=C(\C)COCP(=O)(O)OC(C)C)C(=O)OC2.COc1c(C)c2c(c(O)c1C/C=C(\C)COCP(=O)(OC(C)C)OC(C)C)C(=O)OC2.[2HH].[B]. The van der Waals surface area contributed by atoms with Crippen LogP contribution in [-0.2, 0) is 113 Å². The molecule has 33 heteroatoms. The van der Waals surface area contributed by atoms with Gasteiger partial charge in [0.2, 0.25) is 0 Å². The van der Waals surface area contributed by atoms with E-state index in [1.807, 2.05) is 33.8 Å². The Morgan fingerprint density at radius 1 is 0.430 bits per heavy atom. The maximum Gasteiger partial charge on any atom is 0.356 e. The lowest BCUT2D eigenvalue weighted by Crippen LogP contribution is -2.12. The van der Waals surface area contributed by atoms with E-state index in [2.05, 4.69) is 0 Å².